The first-order valence-corrected chi connectivity index (χ1v) is 14.1. The molecule has 2 N–H and O–H groups in total. The Bertz CT molecular complexity index is 538. The Morgan fingerprint density at radius 1 is 0.486 bits per heavy atom. The SMILES string of the molecule is CCCCCCCCCCCC(C(=O)O)C(=O)OC(=O)C(CCCCCCCCCCC)C(=O)O. The molecule has 0 aliphatic carbocycles. The fraction of sp³-hybridized carbons (Fsp3) is 0.857. The number of hydrogen-bond donors (Lipinski definition) is 2. The summed E-state index contributed by atoms with van der Waals surface area (Å²) in [7, 11) is 0. The predicted octanol–water partition coefficient (Wildman–Crippen LogP) is 7.30. The summed E-state index contributed by atoms with van der Waals surface area (Å²) in [5.41, 5.74) is 0. The fourth-order valence-corrected chi connectivity index (χ4v) is 4.24. The average molecular weight is 499 g/mol. The van der Waals surface area contributed by atoms with Crippen LogP contribution in [0.3, 0.4) is 0 Å². The minimum absolute atomic E-state index is 0.0906. The zero-order valence-electron chi connectivity index (χ0n) is 22.2. The molecule has 2 atom stereocenters. The van der Waals surface area contributed by atoms with Crippen molar-refractivity contribution in [2.75, 3.05) is 0 Å². The number of esters is 2. The Kier molecular flexibility index (Phi) is 21.3. The van der Waals surface area contributed by atoms with Crippen molar-refractivity contribution in [1.82, 2.24) is 0 Å². The van der Waals surface area contributed by atoms with Gasteiger partial charge in [0.15, 0.2) is 11.8 Å². The summed E-state index contributed by atoms with van der Waals surface area (Å²) in [6.45, 7) is 4.36. The summed E-state index contributed by atoms with van der Waals surface area (Å²) >= 11 is 0. The van der Waals surface area contributed by atoms with Gasteiger partial charge in [-0.15, -0.1) is 0 Å². The van der Waals surface area contributed by atoms with Gasteiger partial charge in [-0.2, -0.15) is 0 Å². The number of carbonyl (C=O) groups excluding carboxylic acids is 2. The van der Waals surface area contributed by atoms with Gasteiger partial charge in [0.1, 0.15) is 0 Å². The third-order valence-electron chi connectivity index (χ3n) is 6.56. The zero-order valence-corrected chi connectivity index (χ0v) is 22.2. The highest BCUT2D eigenvalue weighted by atomic mass is 16.6. The molecule has 204 valence electrons. The van der Waals surface area contributed by atoms with Gasteiger partial charge in [-0.25, -0.2) is 0 Å². The van der Waals surface area contributed by atoms with Crippen molar-refractivity contribution >= 4 is 23.9 Å². The van der Waals surface area contributed by atoms with Crippen LogP contribution in [-0.4, -0.2) is 34.1 Å². The van der Waals surface area contributed by atoms with Crippen LogP contribution >= 0.6 is 0 Å². The number of unbranched alkanes of at least 4 members (excludes halogenated alkanes) is 16. The number of hydrogen-bond acceptors (Lipinski definition) is 5. The van der Waals surface area contributed by atoms with Crippen LogP contribution < -0.4 is 0 Å². The normalized spacial score (nSPS) is 12.7. The molecular weight excluding hydrogens is 448 g/mol. The van der Waals surface area contributed by atoms with Gasteiger partial charge in [-0.05, 0) is 12.8 Å². The van der Waals surface area contributed by atoms with Crippen molar-refractivity contribution in [3.05, 3.63) is 0 Å². The quantitative estimate of drug-likeness (QED) is 0.0814. The van der Waals surface area contributed by atoms with Gasteiger partial charge >= 0.3 is 23.9 Å². The van der Waals surface area contributed by atoms with Crippen LogP contribution in [-0.2, 0) is 23.9 Å². The zero-order chi connectivity index (χ0) is 26.3. The number of carbonyl (C=O) groups is 4. The number of aliphatic carboxylic acids is 2. The van der Waals surface area contributed by atoms with E-state index >= 15 is 0 Å². The van der Waals surface area contributed by atoms with Crippen LogP contribution in [0.15, 0.2) is 0 Å². The van der Waals surface area contributed by atoms with Crippen molar-refractivity contribution in [1.29, 1.82) is 0 Å². The standard InChI is InChI=1S/C28H50O7/c1-3-5-7-9-11-13-15-17-19-21-23(25(29)30)27(33)35-28(34)24(26(31)32)22-20-18-16-14-12-10-8-6-4-2/h23-24H,3-22H2,1-2H3,(H,29,30)(H,31,32). The van der Waals surface area contributed by atoms with E-state index in [-0.39, 0.29) is 12.8 Å². The van der Waals surface area contributed by atoms with Gasteiger partial charge in [0, 0.05) is 0 Å². The van der Waals surface area contributed by atoms with E-state index in [1.54, 1.807) is 0 Å². The van der Waals surface area contributed by atoms with E-state index in [1.807, 2.05) is 0 Å². The molecule has 7 nitrogen and oxygen atoms in total. The molecule has 0 saturated heterocycles. The Hall–Kier alpha value is -1.92. The first-order chi connectivity index (χ1) is 16.8. The highest BCUT2D eigenvalue weighted by Crippen LogP contribution is 2.19. The summed E-state index contributed by atoms with van der Waals surface area (Å²) in [5.74, 6) is -7.86. The average Bonchev–Trinajstić information content (AvgIpc) is 2.80. The summed E-state index contributed by atoms with van der Waals surface area (Å²) in [6.07, 6.45) is 19.2. The molecular formula is C28H50O7. The highest BCUT2D eigenvalue weighted by molar-refractivity contribution is 6.02. The second-order valence-corrected chi connectivity index (χ2v) is 9.76. The first kappa shape index (κ1) is 33.1. The second kappa shape index (κ2) is 22.5. The van der Waals surface area contributed by atoms with Crippen molar-refractivity contribution in [2.45, 2.75) is 142 Å². The Labute approximate surface area is 212 Å². The van der Waals surface area contributed by atoms with Crippen LogP contribution in [0.1, 0.15) is 142 Å². The van der Waals surface area contributed by atoms with Gasteiger partial charge in [0.25, 0.3) is 0 Å². The second-order valence-electron chi connectivity index (χ2n) is 9.76. The Morgan fingerprint density at radius 2 is 0.743 bits per heavy atom. The van der Waals surface area contributed by atoms with Crippen LogP contribution in [0.5, 0.6) is 0 Å². The lowest BCUT2D eigenvalue weighted by molar-refractivity contribution is -0.171. The van der Waals surface area contributed by atoms with Crippen LogP contribution in [0.2, 0.25) is 0 Å². The molecule has 0 aliphatic heterocycles. The maximum Gasteiger partial charge on any atom is 0.327 e. The summed E-state index contributed by atoms with van der Waals surface area (Å²) < 4.78 is 4.72. The molecule has 0 fully saturated rings. The molecule has 0 aromatic heterocycles. The Balaban J connectivity index is 4.29. The molecule has 7 heteroatoms. The smallest absolute Gasteiger partial charge is 0.327 e. The molecule has 0 spiro atoms. The van der Waals surface area contributed by atoms with Crippen molar-refractivity contribution in [3.63, 3.8) is 0 Å². The lowest BCUT2D eigenvalue weighted by Crippen LogP contribution is -2.33. The van der Waals surface area contributed by atoms with Crippen molar-refractivity contribution in [3.8, 4) is 0 Å². The molecule has 0 amide bonds. The number of rotatable bonds is 24. The summed E-state index contributed by atoms with van der Waals surface area (Å²) in [6, 6.07) is 0. The van der Waals surface area contributed by atoms with E-state index in [0.717, 1.165) is 51.4 Å². The fourth-order valence-electron chi connectivity index (χ4n) is 4.24. The van der Waals surface area contributed by atoms with Gasteiger partial charge in [-0.3, -0.25) is 19.2 Å². The molecule has 0 aromatic carbocycles. The van der Waals surface area contributed by atoms with Gasteiger partial charge < -0.3 is 14.9 Å². The summed E-state index contributed by atoms with van der Waals surface area (Å²) in [5, 5.41) is 18.8. The van der Waals surface area contributed by atoms with E-state index in [4.69, 9.17) is 4.74 Å². The van der Waals surface area contributed by atoms with Crippen LogP contribution in [0, 0.1) is 11.8 Å². The van der Waals surface area contributed by atoms with Gasteiger partial charge in [0.2, 0.25) is 0 Å². The molecule has 0 saturated carbocycles. The molecule has 0 rings (SSSR count). The minimum Gasteiger partial charge on any atom is -0.481 e. The van der Waals surface area contributed by atoms with Crippen molar-refractivity contribution in [2.24, 2.45) is 11.8 Å². The van der Waals surface area contributed by atoms with E-state index in [1.165, 1.54) is 51.4 Å². The minimum atomic E-state index is -1.44. The number of carboxylic acid groups (broad SMARTS) is 2. The molecule has 0 bridgehead atoms. The van der Waals surface area contributed by atoms with Gasteiger partial charge in [-0.1, -0.05) is 129 Å². The van der Waals surface area contributed by atoms with E-state index in [9.17, 15) is 29.4 Å². The van der Waals surface area contributed by atoms with E-state index in [2.05, 4.69) is 13.8 Å². The molecule has 0 aliphatic rings. The predicted molar refractivity (Wildman–Crippen MR) is 137 cm³/mol. The van der Waals surface area contributed by atoms with Crippen LogP contribution in [0.25, 0.3) is 0 Å². The first-order valence-electron chi connectivity index (χ1n) is 14.1. The van der Waals surface area contributed by atoms with E-state index in [0.29, 0.717) is 12.8 Å². The largest absolute Gasteiger partial charge is 0.481 e. The third kappa shape index (κ3) is 18.1. The van der Waals surface area contributed by atoms with E-state index < -0.39 is 35.7 Å². The van der Waals surface area contributed by atoms with Crippen LogP contribution in [0.4, 0.5) is 0 Å². The molecule has 0 heterocycles. The molecule has 35 heavy (non-hydrogen) atoms. The molecule has 0 aromatic rings. The molecule has 0 radical (unpaired) electrons. The topological polar surface area (TPSA) is 118 Å². The number of ether oxygens (including phenoxy) is 1. The van der Waals surface area contributed by atoms with Crippen molar-refractivity contribution < 1.29 is 34.1 Å². The maximum atomic E-state index is 12.3. The van der Waals surface area contributed by atoms with Gasteiger partial charge in [0.05, 0.1) is 0 Å². The maximum absolute atomic E-state index is 12.3. The lowest BCUT2D eigenvalue weighted by Gasteiger charge is -2.14. The Morgan fingerprint density at radius 3 is 1.00 bits per heavy atom. The number of carboxylic acids is 2. The summed E-state index contributed by atoms with van der Waals surface area (Å²) in [4.78, 5) is 47.6. The monoisotopic (exact) mass is 498 g/mol. The highest BCUT2D eigenvalue weighted by Gasteiger charge is 2.34. The molecule has 2 unspecified atom stereocenters. The lowest BCUT2D eigenvalue weighted by atomic mass is 9.99. The third-order valence-corrected chi connectivity index (χ3v) is 6.56.